The Kier molecular flexibility index (Phi) is 3.94. The van der Waals surface area contributed by atoms with Gasteiger partial charge in [-0.3, -0.25) is 0 Å². The Bertz CT molecular complexity index is 540. The van der Waals surface area contributed by atoms with Gasteiger partial charge in [0, 0.05) is 12.1 Å². The average molecular weight is 265 g/mol. The maximum absolute atomic E-state index is 12.8. The van der Waals surface area contributed by atoms with Gasteiger partial charge < -0.3 is 10.5 Å². The number of hydrogen-bond acceptors (Lipinski definition) is 4. The number of anilines is 1. The van der Waals surface area contributed by atoms with Crippen LogP contribution in [0.2, 0.25) is 0 Å². The molecular formula is C13H12FNO2S. The molecule has 0 fully saturated rings. The summed E-state index contributed by atoms with van der Waals surface area (Å²) in [4.78, 5) is 11.7. The zero-order valence-electron chi connectivity index (χ0n) is 9.56. The predicted molar refractivity (Wildman–Crippen MR) is 69.1 cm³/mol. The summed E-state index contributed by atoms with van der Waals surface area (Å²) >= 11 is 1.60. The van der Waals surface area contributed by atoms with Gasteiger partial charge in [0.1, 0.15) is 5.82 Å². The standard InChI is InChI=1S/C13H12FNO2S/c14-10-1-2-11(12(15)7-10)13(16)17-5-3-9-4-6-18-8-9/h1-2,4,6-8H,3,5,15H2. The highest BCUT2D eigenvalue weighted by Gasteiger charge is 2.11. The monoisotopic (exact) mass is 265 g/mol. The average Bonchev–Trinajstić information content (AvgIpc) is 2.81. The second-order valence-electron chi connectivity index (χ2n) is 3.75. The summed E-state index contributed by atoms with van der Waals surface area (Å²) in [6, 6.07) is 5.60. The van der Waals surface area contributed by atoms with Crippen LogP contribution in [-0.4, -0.2) is 12.6 Å². The van der Waals surface area contributed by atoms with Gasteiger partial charge in [0.15, 0.2) is 0 Å². The SMILES string of the molecule is Nc1cc(F)ccc1C(=O)OCCc1ccsc1. The van der Waals surface area contributed by atoms with Gasteiger partial charge >= 0.3 is 5.97 Å². The molecule has 2 aromatic rings. The van der Waals surface area contributed by atoms with E-state index in [4.69, 9.17) is 10.5 Å². The topological polar surface area (TPSA) is 52.3 Å². The molecule has 2 N–H and O–H groups in total. The van der Waals surface area contributed by atoms with E-state index in [9.17, 15) is 9.18 Å². The number of esters is 1. The number of carbonyl (C=O) groups excluding carboxylic acids is 1. The van der Waals surface area contributed by atoms with E-state index in [0.717, 1.165) is 11.6 Å². The number of nitrogen functional groups attached to an aromatic ring is 1. The normalized spacial score (nSPS) is 10.3. The summed E-state index contributed by atoms with van der Waals surface area (Å²) in [6.45, 7) is 0.284. The lowest BCUT2D eigenvalue weighted by molar-refractivity contribution is 0.0510. The number of benzene rings is 1. The minimum Gasteiger partial charge on any atom is -0.462 e. The van der Waals surface area contributed by atoms with Crippen LogP contribution < -0.4 is 5.73 Å². The predicted octanol–water partition coefficient (Wildman–Crippen LogP) is 2.87. The fourth-order valence-electron chi connectivity index (χ4n) is 1.49. The molecule has 2 rings (SSSR count). The number of thiophene rings is 1. The van der Waals surface area contributed by atoms with Crippen LogP contribution in [0.5, 0.6) is 0 Å². The van der Waals surface area contributed by atoms with E-state index < -0.39 is 11.8 Å². The molecule has 1 heterocycles. The van der Waals surface area contributed by atoms with Crippen molar-refractivity contribution < 1.29 is 13.9 Å². The van der Waals surface area contributed by atoms with Crippen LogP contribution in [-0.2, 0) is 11.2 Å². The highest BCUT2D eigenvalue weighted by atomic mass is 32.1. The summed E-state index contributed by atoms with van der Waals surface area (Å²) in [5, 5.41) is 3.97. The van der Waals surface area contributed by atoms with E-state index in [1.807, 2.05) is 16.8 Å². The zero-order chi connectivity index (χ0) is 13.0. The van der Waals surface area contributed by atoms with Crippen molar-refractivity contribution in [1.82, 2.24) is 0 Å². The smallest absolute Gasteiger partial charge is 0.340 e. The van der Waals surface area contributed by atoms with Gasteiger partial charge in [-0.15, -0.1) is 0 Å². The first kappa shape index (κ1) is 12.6. The first-order valence-corrected chi connectivity index (χ1v) is 6.34. The summed E-state index contributed by atoms with van der Waals surface area (Å²) in [6.07, 6.45) is 0.663. The van der Waals surface area contributed by atoms with Crippen LogP contribution in [0.15, 0.2) is 35.0 Å². The van der Waals surface area contributed by atoms with Crippen LogP contribution in [0.3, 0.4) is 0 Å². The van der Waals surface area contributed by atoms with Crippen molar-refractivity contribution in [3.63, 3.8) is 0 Å². The molecule has 0 atom stereocenters. The molecule has 5 heteroatoms. The highest BCUT2D eigenvalue weighted by molar-refractivity contribution is 7.07. The van der Waals surface area contributed by atoms with Crippen molar-refractivity contribution in [2.75, 3.05) is 12.3 Å². The summed E-state index contributed by atoms with van der Waals surface area (Å²) in [7, 11) is 0. The molecule has 0 aliphatic carbocycles. The van der Waals surface area contributed by atoms with Crippen molar-refractivity contribution in [3.05, 3.63) is 52.0 Å². The van der Waals surface area contributed by atoms with Gasteiger partial charge in [-0.2, -0.15) is 11.3 Å². The fraction of sp³-hybridized carbons (Fsp3) is 0.154. The third-order valence-electron chi connectivity index (χ3n) is 2.44. The number of ether oxygens (including phenoxy) is 1. The molecule has 0 spiro atoms. The number of hydrogen-bond donors (Lipinski definition) is 1. The molecule has 0 unspecified atom stereocenters. The van der Waals surface area contributed by atoms with Crippen LogP contribution in [0.25, 0.3) is 0 Å². The van der Waals surface area contributed by atoms with Crippen LogP contribution in [0.4, 0.5) is 10.1 Å². The Morgan fingerprint density at radius 1 is 1.39 bits per heavy atom. The summed E-state index contributed by atoms with van der Waals surface area (Å²) in [5.41, 5.74) is 6.96. The quantitative estimate of drug-likeness (QED) is 0.683. The maximum Gasteiger partial charge on any atom is 0.340 e. The fourth-order valence-corrected chi connectivity index (χ4v) is 2.20. The number of carbonyl (C=O) groups is 1. The van der Waals surface area contributed by atoms with Gasteiger partial charge in [-0.25, -0.2) is 9.18 Å². The molecule has 0 radical (unpaired) electrons. The summed E-state index contributed by atoms with van der Waals surface area (Å²) < 4.78 is 17.9. The van der Waals surface area contributed by atoms with E-state index in [0.29, 0.717) is 6.42 Å². The van der Waals surface area contributed by atoms with E-state index >= 15 is 0 Å². The molecular weight excluding hydrogens is 253 g/mol. The molecule has 0 aliphatic heterocycles. The van der Waals surface area contributed by atoms with E-state index in [1.54, 1.807) is 11.3 Å². The van der Waals surface area contributed by atoms with Crippen molar-refractivity contribution in [2.24, 2.45) is 0 Å². The zero-order valence-corrected chi connectivity index (χ0v) is 10.4. The lowest BCUT2D eigenvalue weighted by atomic mass is 10.2. The maximum atomic E-state index is 12.8. The van der Waals surface area contributed by atoms with E-state index in [2.05, 4.69) is 0 Å². The molecule has 18 heavy (non-hydrogen) atoms. The Morgan fingerprint density at radius 2 is 2.22 bits per heavy atom. The van der Waals surface area contributed by atoms with Crippen LogP contribution in [0.1, 0.15) is 15.9 Å². The van der Waals surface area contributed by atoms with Gasteiger partial charge in [0.05, 0.1) is 12.2 Å². The van der Waals surface area contributed by atoms with Crippen LogP contribution in [0, 0.1) is 5.82 Å². The third kappa shape index (κ3) is 3.07. The molecule has 0 amide bonds. The minimum absolute atomic E-state index is 0.0931. The van der Waals surface area contributed by atoms with Crippen molar-refractivity contribution in [1.29, 1.82) is 0 Å². The molecule has 0 aliphatic rings. The molecule has 94 valence electrons. The van der Waals surface area contributed by atoms with Gasteiger partial charge in [-0.05, 0) is 40.6 Å². The molecule has 1 aromatic heterocycles. The molecule has 1 aromatic carbocycles. The third-order valence-corrected chi connectivity index (χ3v) is 3.17. The Balaban J connectivity index is 1.91. The second-order valence-corrected chi connectivity index (χ2v) is 4.53. The number of rotatable bonds is 4. The minimum atomic E-state index is -0.525. The summed E-state index contributed by atoms with van der Waals surface area (Å²) in [5.74, 6) is -0.995. The van der Waals surface area contributed by atoms with Crippen molar-refractivity contribution in [2.45, 2.75) is 6.42 Å². The van der Waals surface area contributed by atoms with Gasteiger partial charge in [0.2, 0.25) is 0 Å². The lowest BCUT2D eigenvalue weighted by Crippen LogP contribution is -2.10. The number of nitrogens with two attached hydrogens (primary N) is 1. The first-order valence-electron chi connectivity index (χ1n) is 5.40. The Morgan fingerprint density at radius 3 is 2.89 bits per heavy atom. The first-order chi connectivity index (χ1) is 8.66. The van der Waals surface area contributed by atoms with Crippen LogP contribution >= 0.6 is 11.3 Å². The van der Waals surface area contributed by atoms with E-state index in [-0.39, 0.29) is 17.9 Å². The Hall–Kier alpha value is -1.88. The Labute approximate surface area is 108 Å². The number of halogens is 1. The van der Waals surface area contributed by atoms with Gasteiger partial charge in [-0.1, -0.05) is 0 Å². The van der Waals surface area contributed by atoms with Crippen molar-refractivity contribution in [3.8, 4) is 0 Å². The lowest BCUT2D eigenvalue weighted by Gasteiger charge is -2.06. The molecule has 3 nitrogen and oxygen atoms in total. The van der Waals surface area contributed by atoms with E-state index in [1.165, 1.54) is 12.1 Å². The van der Waals surface area contributed by atoms with Gasteiger partial charge in [0.25, 0.3) is 0 Å². The molecule has 0 bridgehead atoms. The highest BCUT2D eigenvalue weighted by Crippen LogP contribution is 2.15. The van der Waals surface area contributed by atoms with Crippen molar-refractivity contribution >= 4 is 23.0 Å². The molecule has 0 saturated carbocycles. The molecule has 0 saturated heterocycles. The second kappa shape index (κ2) is 5.64. The largest absolute Gasteiger partial charge is 0.462 e.